The summed E-state index contributed by atoms with van der Waals surface area (Å²) in [5.74, 6) is -0.679. The summed E-state index contributed by atoms with van der Waals surface area (Å²) in [5.41, 5.74) is 3.87. The molecule has 1 fully saturated rings. The Bertz CT molecular complexity index is 1080. The lowest BCUT2D eigenvalue weighted by molar-refractivity contribution is 0.0538. The molecule has 3 aromatic carbocycles. The van der Waals surface area contributed by atoms with Gasteiger partial charge in [0, 0.05) is 32.2 Å². The van der Waals surface area contributed by atoms with E-state index in [1.165, 1.54) is 17.2 Å². The highest BCUT2D eigenvalue weighted by molar-refractivity contribution is 5.94. The number of carbonyl (C=O) groups is 1. The molecule has 0 aromatic heterocycles. The van der Waals surface area contributed by atoms with Crippen molar-refractivity contribution in [3.63, 3.8) is 0 Å². The van der Waals surface area contributed by atoms with E-state index in [-0.39, 0.29) is 22.9 Å². The van der Waals surface area contributed by atoms with Crippen molar-refractivity contribution in [1.29, 1.82) is 0 Å². The minimum absolute atomic E-state index is 0.0762. The Morgan fingerprint density at radius 1 is 0.882 bits per heavy atom. The third-order valence-corrected chi connectivity index (χ3v) is 6.78. The van der Waals surface area contributed by atoms with Gasteiger partial charge in [0.15, 0.2) is 0 Å². The first-order valence-corrected chi connectivity index (χ1v) is 12.2. The number of likely N-dealkylation sites (tertiary alicyclic amines) is 1. The number of carbonyl (C=O) groups excluding carboxylic acids is 1. The molecule has 4 heteroatoms. The molecule has 1 amide bonds. The van der Waals surface area contributed by atoms with E-state index in [9.17, 15) is 9.18 Å². The fourth-order valence-corrected chi connectivity index (χ4v) is 4.69. The quantitative estimate of drug-likeness (QED) is 0.425. The normalized spacial score (nSPS) is 15.3. The number of piperidine rings is 1. The number of rotatable bonds is 6. The van der Waals surface area contributed by atoms with E-state index >= 15 is 0 Å². The Morgan fingerprint density at radius 2 is 1.50 bits per heavy atom. The van der Waals surface area contributed by atoms with Crippen molar-refractivity contribution >= 4 is 5.91 Å². The van der Waals surface area contributed by atoms with E-state index in [1.54, 1.807) is 18.2 Å². The number of amides is 1. The van der Waals surface area contributed by atoms with Crippen molar-refractivity contribution in [2.75, 3.05) is 13.1 Å². The summed E-state index contributed by atoms with van der Waals surface area (Å²) in [6.45, 7) is 9.83. The van der Waals surface area contributed by atoms with Gasteiger partial charge in [0.1, 0.15) is 5.82 Å². The van der Waals surface area contributed by atoms with Crippen LogP contribution in [0.4, 0.5) is 4.39 Å². The molecule has 1 saturated heterocycles. The maximum atomic E-state index is 14.5. The first-order valence-electron chi connectivity index (χ1n) is 12.2. The number of nitrogens with zero attached hydrogens (tertiary/aromatic N) is 2. The molecule has 178 valence electrons. The molecule has 34 heavy (non-hydrogen) atoms. The molecule has 1 aliphatic rings. The highest BCUT2D eigenvalue weighted by Crippen LogP contribution is 2.26. The van der Waals surface area contributed by atoms with E-state index in [0.717, 1.165) is 38.0 Å². The molecule has 3 nitrogen and oxygen atoms in total. The minimum Gasteiger partial charge on any atom is -0.331 e. The standard InChI is InChI=1S/C30H35FN2O/c1-30(2,3)25-15-13-24(14-16-25)22-33(29(34)27-11-7-8-12-28(27)31)26-17-19-32(20-18-26)21-23-9-5-4-6-10-23/h4-16,26H,17-22H2,1-3H3. The van der Waals surface area contributed by atoms with Crippen LogP contribution in [0.2, 0.25) is 0 Å². The molecule has 3 aromatic rings. The first-order chi connectivity index (χ1) is 16.3. The zero-order chi connectivity index (χ0) is 24.1. The molecule has 4 rings (SSSR count). The Kier molecular flexibility index (Phi) is 7.47. The highest BCUT2D eigenvalue weighted by Gasteiger charge is 2.30. The second kappa shape index (κ2) is 10.5. The predicted molar refractivity (Wildman–Crippen MR) is 136 cm³/mol. The lowest BCUT2D eigenvalue weighted by Gasteiger charge is -2.39. The zero-order valence-corrected chi connectivity index (χ0v) is 20.5. The zero-order valence-electron chi connectivity index (χ0n) is 20.5. The van der Waals surface area contributed by atoms with Crippen LogP contribution in [0.1, 0.15) is 60.7 Å². The van der Waals surface area contributed by atoms with Gasteiger partial charge in [-0.05, 0) is 47.1 Å². The third kappa shape index (κ3) is 5.92. The molecule has 0 unspecified atom stereocenters. The van der Waals surface area contributed by atoms with Gasteiger partial charge >= 0.3 is 0 Å². The van der Waals surface area contributed by atoms with Crippen LogP contribution in [0.5, 0.6) is 0 Å². The number of hydrogen-bond donors (Lipinski definition) is 0. The van der Waals surface area contributed by atoms with E-state index in [1.807, 2.05) is 11.0 Å². The molecule has 1 aliphatic heterocycles. The Balaban J connectivity index is 1.51. The van der Waals surface area contributed by atoms with Gasteiger partial charge in [-0.2, -0.15) is 0 Å². The third-order valence-electron chi connectivity index (χ3n) is 6.78. The largest absolute Gasteiger partial charge is 0.331 e. The average molecular weight is 459 g/mol. The maximum Gasteiger partial charge on any atom is 0.257 e. The van der Waals surface area contributed by atoms with Gasteiger partial charge in [0.2, 0.25) is 0 Å². The molecular weight excluding hydrogens is 423 g/mol. The van der Waals surface area contributed by atoms with Crippen LogP contribution in [0.25, 0.3) is 0 Å². The first kappa shape index (κ1) is 24.2. The Morgan fingerprint density at radius 3 is 2.12 bits per heavy atom. The second-order valence-electron chi connectivity index (χ2n) is 10.4. The molecular formula is C30H35FN2O. The maximum absolute atomic E-state index is 14.5. The SMILES string of the molecule is CC(C)(C)c1ccc(CN(C(=O)c2ccccc2F)C2CCN(Cc3ccccc3)CC2)cc1. The summed E-state index contributed by atoms with van der Waals surface area (Å²) in [6.07, 6.45) is 1.76. The lowest BCUT2D eigenvalue weighted by Crippen LogP contribution is -2.47. The molecule has 0 N–H and O–H groups in total. The summed E-state index contributed by atoms with van der Waals surface area (Å²) in [6, 6.07) is 25.4. The van der Waals surface area contributed by atoms with Crippen LogP contribution in [-0.4, -0.2) is 34.8 Å². The van der Waals surface area contributed by atoms with Crippen LogP contribution >= 0.6 is 0 Å². The van der Waals surface area contributed by atoms with Gasteiger partial charge in [0.05, 0.1) is 5.56 Å². The average Bonchev–Trinajstić information content (AvgIpc) is 2.83. The van der Waals surface area contributed by atoms with Crippen molar-refractivity contribution in [3.05, 3.63) is 107 Å². The number of hydrogen-bond acceptors (Lipinski definition) is 2. The van der Waals surface area contributed by atoms with Crippen molar-refractivity contribution < 1.29 is 9.18 Å². The fraction of sp³-hybridized carbons (Fsp3) is 0.367. The highest BCUT2D eigenvalue weighted by atomic mass is 19.1. The Labute approximate surface area is 203 Å². The predicted octanol–water partition coefficient (Wildman–Crippen LogP) is 6.43. The van der Waals surface area contributed by atoms with Gasteiger partial charge in [-0.25, -0.2) is 4.39 Å². The van der Waals surface area contributed by atoms with Gasteiger partial charge in [0.25, 0.3) is 5.91 Å². The summed E-state index contributed by atoms with van der Waals surface area (Å²) in [7, 11) is 0. The van der Waals surface area contributed by atoms with E-state index in [0.29, 0.717) is 6.54 Å². The fourth-order valence-electron chi connectivity index (χ4n) is 4.69. The van der Waals surface area contributed by atoms with Crippen molar-refractivity contribution in [2.45, 2.75) is 58.2 Å². The molecule has 0 atom stereocenters. The monoisotopic (exact) mass is 458 g/mol. The van der Waals surface area contributed by atoms with Crippen LogP contribution in [0, 0.1) is 5.82 Å². The Hall–Kier alpha value is -2.98. The summed E-state index contributed by atoms with van der Waals surface area (Å²) < 4.78 is 14.5. The molecule has 0 saturated carbocycles. The van der Waals surface area contributed by atoms with Gasteiger partial charge in [-0.1, -0.05) is 87.5 Å². The van der Waals surface area contributed by atoms with Crippen molar-refractivity contribution in [1.82, 2.24) is 9.80 Å². The van der Waals surface area contributed by atoms with Gasteiger partial charge in [-0.3, -0.25) is 9.69 Å². The molecule has 0 spiro atoms. The summed E-state index contributed by atoms with van der Waals surface area (Å²) in [5, 5.41) is 0. The minimum atomic E-state index is -0.456. The second-order valence-corrected chi connectivity index (χ2v) is 10.4. The summed E-state index contributed by atoms with van der Waals surface area (Å²) in [4.78, 5) is 17.9. The smallest absolute Gasteiger partial charge is 0.257 e. The van der Waals surface area contributed by atoms with Crippen LogP contribution < -0.4 is 0 Å². The lowest BCUT2D eigenvalue weighted by atomic mass is 9.86. The topological polar surface area (TPSA) is 23.6 Å². The molecule has 0 radical (unpaired) electrons. The molecule has 0 bridgehead atoms. The summed E-state index contributed by atoms with van der Waals surface area (Å²) >= 11 is 0. The number of benzene rings is 3. The van der Waals surface area contributed by atoms with Crippen LogP contribution in [-0.2, 0) is 18.5 Å². The van der Waals surface area contributed by atoms with Crippen LogP contribution in [0.3, 0.4) is 0 Å². The molecule has 0 aliphatic carbocycles. The van der Waals surface area contributed by atoms with E-state index in [2.05, 4.69) is 74.2 Å². The van der Waals surface area contributed by atoms with E-state index < -0.39 is 5.82 Å². The van der Waals surface area contributed by atoms with Gasteiger partial charge < -0.3 is 4.90 Å². The molecule has 1 heterocycles. The van der Waals surface area contributed by atoms with Gasteiger partial charge in [-0.15, -0.1) is 0 Å². The van der Waals surface area contributed by atoms with Crippen molar-refractivity contribution in [2.24, 2.45) is 0 Å². The van der Waals surface area contributed by atoms with E-state index in [4.69, 9.17) is 0 Å². The van der Waals surface area contributed by atoms with Crippen molar-refractivity contribution in [3.8, 4) is 0 Å². The van der Waals surface area contributed by atoms with Crippen LogP contribution in [0.15, 0.2) is 78.9 Å². The number of halogens is 1.